The summed E-state index contributed by atoms with van der Waals surface area (Å²) in [5, 5.41) is 4.95. The number of thioether (sulfide) groups is 1. The van der Waals surface area contributed by atoms with Gasteiger partial charge in [-0.1, -0.05) is 0 Å². The molecule has 28 heavy (non-hydrogen) atoms. The van der Waals surface area contributed by atoms with E-state index in [1.165, 1.54) is 55.6 Å². The van der Waals surface area contributed by atoms with E-state index in [-0.39, 0.29) is 34.3 Å². The molecule has 0 aliphatic heterocycles. The minimum Gasteiger partial charge on any atom is -0.468 e. The molecule has 0 atom stereocenters. The van der Waals surface area contributed by atoms with Gasteiger partial charge in [0.1, 0.15) is 6.54 Å². The summed E-state index contributed by atoms with van der Waals surface area (Å²) < 4.78 is 41.4. The topological polar surface area (TPSA) is 84.5 Å². The van der Waals surface area contributed by atoms with E-state index in [4.69, 9.17) is 0 Å². The van der Waals surface area contributed by atoms with Crippen molar-refractivity contribution in [3.8, 4) is 0 Å². The van der Waals surface area contributed by atoms with Crippen LogP contribution in [0, 0.1) is 0 Å². The lowest BCUT2D eigenvalue weighted by molar-refractivity contribution is -0.139. The summed E-state index contributed by atoms with van der Waals surface area (Å²) in [6.45, 7) is -0.267. The Morgan fingerprint density at radius 2 is 1.46 bits per heavy atom. The minimum atomic E-state index is -4.39. The largest absolute Gasteiger partial charge is 0.468 e. The van der Waals surface area contributed by atoms with Gasteiger partial charge in [0.25, 0.3) is 11.8 Å². The van der Waals surface area contributed by atoms with Gasteiger partial charge in [-0.05, 0) is 60.3 Å². The van der Waals surface area contributed by atoms with Crippen LogP contribution in [0.3, 0.4) is 0 Å². The predicted octanol–water partition coefficient (Wildman–Crippen LogP) is 3.45. The van der Waals surface area contributed by atoms with Crippen molar-refractivity contribution in [1.82, 2.24) is 5.32 Å². The van der Waals surface area contributed by atoms with Crippen molar-refractivity contribution in [2.75, 3.05) is 19.0 Å². The number of amides is 2. The Morgan fingerprint density at radius 1 is 0.929 bits per heavy atom. The SMILES string of the molecule is COC(=O)CNC(=O)c1ccc(NC(=O)c2ccc(SC(F)(F)F)cc2)cc1. The fourth-order valence-electron chi connectivity index (χ4n) is 2.04. The molecule has 0 heterocycles. The second-order valence-electron chi connectivity index (χ2n) is 5.36. The zero-order valence-electron chi connectivity index (χ0n) is 14.5. The molecule has 6 nitrogen and oxygen atoms in total. The molecule has 2 amide bonds. The van der Waals surface area contributed by atoms with E-state index in [9.17, 15) is 27.6 Å². The average molecular weight is 412 g/mol. The van der Waals surface area contributed by atoms with E-state index in [1.54, 1.807) is 0 Å². The van der Waals surface area contributed by atoms with Crippen LogP contribution in [0.5, 0.6) is 0 Å². The van der Waals surface area contributed by atoms with Gasteiger partial charge in [-0.25, -0.2) is 0 Å². The number of rotatable bonds is 6. The molecule has 0 saturated carbocycles. The number of carbonyl (C=O) groups is 3. The first-order chi connectivity index (χ1) is 13.2. The Hall–Kier alpha value is -3.01. The van der Waals surface area contributed by atoms with Crippen molar-refractivity contribution in [2.45, 2.75) is 10.4 Å². The number of carbonyl (C=O) groups excluding carboxylic acids is 3. The lowest BCUT2D eigenvalue weighted by Gasteiger charge is -2.08. The van der Waals surface area contributed by atoms with Crippen molar-refractivity contribution >= 4 is 35.2 Å². The first-order valence-corrected chi connectivity index (χ1v) is 8.62. The maximum atomic E-state index is 12.3. The predicted molar refractivity (Wildman–Crippen MR) is 97.1 cm³/mol. The van der Waals surface area contributed by atoms with Crippen LogP contribution >= 0.6 is 11.8 Å². The summed E-state index contributed by atoms with van der Waals surface area (Å²) in [4.78, 5) is 35.0. The van der Waals surface area contributed by atoms with Crippen LogP contribution in [0.2, 0.25) is 0 Å². The molecule has 0 radical (unpaired) electrons. The second-order valence-corrected chi connectivity index (χ2v) is 6.50. The highest BCUT2D eigenvalue weighted by molar-refractivity contribution is 8.00. The van der Waals surface area contributed by atoms with E-state index in [2.05, 4.69) is 15.4 Å². The van der Waals surface area contributed by atoms with E-state index < -0.39 is 23.3 Å². The molecular formula is C18H15F3N2O4S. The Balaban J connectivity index is 1.95. The fourth-order valence-corrected chi connectivity index (χ4v) is 2.58. The maximum Gasteiger partial charge on any atom is 0.446 e. The number of anilines is 1. The van der Waals surface area contributed by atoms with Gasteiger partial charge in [-0.15, -0.1) is 0 Å². The van der Waals surface area contributed by atoms with Crippen molar-refractivity contribution in [3.05, 3.63) is 59.7 Å². The Kier molecular flexibility index (Phi) is 7.05. The molecule has 0 aliphatic rings. The number of hydrogen-bond acceptors (Lipinski definition) is 5. The van der Waals surface area contributed by atoms with Gasteiger partial charge in [0.15, 0.2) is 0 Å². The summed E-state index contributed by atoms with van der Waals surface area (Å²) in [5.74, 6) is -1.58. The van der Waals surface area contributed by atoms with Gasteiger partial charge >= 0.3 is 11.5 Å². The summed E-state index contributed by atoms with van der Waals surface area (Å²) in [6.07, 6.45) is 0. The van der Waals surface area contributed by atoms with Crippen LogP contribution in [-0.2, 0) is 9.53 Å². The molecule has 10 heteroatoms. The molecule has 0 aliphatic carbocycles. The minimum absolute atomic E-state index is 0.0219. The van der Waals surface area contributed by atoms with Crippen LogP contribution in [0.4, 0.5) is 18.9 Å². The highest BCUT2D eigenvalue weighted by atomic mass is 32.2. The molecule has 148 valence electrons. The van der Waals surface area contributed by atoms with E-state index in [1.807, 2.05) is 0 Å². The fraction of sp³-hybridized carbons (Fsp3) is 0.167. The molecule has 0 spiro atoms. The van der Waals surface area contributed by atoms with Crippen molar-refractivity contribution < 1.29 is 32.3 Å². The number of halogens is 3. The van der Waals surface area contributed by atoms with Gasteiger partial charge in [0, 0.05) is 21.7 Å². The molecule has 0 unspecified atom stereocenters. The molecule has 0 bridgehead atoms. The van der Waals surface area contributed by atoms with Crippen molar-refractivity contribution in [3.63, 3.8) is 0 Å². The third-order valence-electron chi connectivity index (χ3n) is 3.38. The lowest BCUT2D eigenvalue weighted by Crippen LogP contribution is -2.30. The van der Waals surface area contributed by atoms with Crippen LogP contribution in [-0.4, -0.2) is 36.9 Å². The van der Waals surface area contributed by atoms with E-state index in [0.717, 1.165) is 0 Å². The summed E-state index contributed by atoms with van der Waals surface area (Å²) in [6, 6.07) is 10.9. The quantitative estimate of drug-likeness (QED) is 0.561. The van der Waals surface area contributed by atoms with Gasteiger partial charge in [-0.3, -0.25) is 14.4 Å². The molecule has 2 aromatic carbocycles. The molecule has 2 aromatic rings. The van der Waals surface area contributed by atoms with E-state index in [0.29, 0.717) is 5.69 Å². The first kappa shape index (κ1) is 21.3. The normalized spacial score (nSPS) is 10.9. The number of nitrogens with one attached hydrogen (secondary N) is 2. The molecular weight excluding hydrogens is 397 g/mol. The molecule has 2 rings (SSSR count). The number of hydrogen-bond donors (Lipinski definition) is 2. The summed E-state index contributed by atoms with van der Waals surface area (Å²) in [7, 11) is 1.20. The number of methoxy groups -OCH3 is 1. The third kappa shape index (κ3) is 6.62. The van der Waals surface area contributed by atoms with Crippen LogP contribution in [0.1, 0.15) is 20.7 Å². The Morgan fingerprint density at radius 3 is 2.00 bits per heavy atom. The van der Waals surface area contributed by atoms with Gasteiger partial charge in [0.2, 0.25) is 0 Å². The number of alkyl halides is 3. The van der Waals surface area contributed by atoms with Crippen molar-refractivity contribution in [1.29, 1.82) is 0 Å². The first-order valence-electron chi connectivity index (χ1n) is 7.80. The van der Waals surface area contributed by atoms with Crippen LogP contribution < -0.4 is 10.6 Å². The monoisotopic (exact) mass is 412 g/mol. The number of benzene rings is 2. The highest BCUT2D eigenvalue weighted by Gasteiger charge is 2.29. The molecule has 0 fully saturated rings. The Bertz CT molecular complexity index is 853. The number of esters is 1. The lowest BCUT2D eigenvalue weighted by atomic mass is 10.1. The van der Waals surface area contributed by atoms with Crippen molar-refractivity contribution in [2.24, 2.45) is 0 Å². The number of ether oxygens (including phenoxy) is 1. The van der Waals surface area contributed by atoms with Crippen LogP contribution in [0.15, 0.2) is 53.4 Å². The van der Waals surface area contributed by atoms with Gasteiger partial charge < -0.3 is 15.4 Å². The third-order valence-corrected chi connectivity index (χ3v) is 4.12. The molecule has 0 aromatic heterocycles. The zero-order valence-corrected chi connectivity index (χ0v) is 15.3. The highest BCUT2D eigenvalue weighted by Crippen LogP contribution is 2.36. The maximum absolute atomic E-state index is 12.3. The van der Waals surface area contributed by atoms with Crippen LogP contribution in [0.25, 0.3) is 0 Å². The summed E-state index contributed by atoms with van der Waals surface area (Å²) in [5.41, 5.74) is -3.54. The van der Waals surface area contributed by atoms with Gasteiger partial charge in [-0.2, -0.15) is 13.2 Å². The Labute approximate surface area is 162 Å². The molecule has 2 N–H and O–H groups in total. The second kappa shape index (κ2) is 9.27. The van der Waals surface area contributed by atoms with Gasteiger partial charge in [0.05, 0.1) is 7.11 Å². The standard InChI is InChI=1S/C18H15F3N2O4S/c1-27-15(24)10-22-16(25)11-2-6-13(7-3-11)23-17(26)12-4-8-14(9-5-12)28-18(19,20)21/h2-9H,10H2,1H3,(H,22,25)(H,23,26). The smallest absolute Gasteiger partial charge is 0.446 e. The average Bonchev–Trinajstić information content (AvgIpc) is 2.65. The zero-order chi connectivity index (χ0) is 20.7. The van der Waals surface area contributed by atoms with E-state index >= 15 is 0 Å². The molecule has 0 saturated heterocycles. The summed E-state index contributed by atoms with van der Waals surface area (Å²) >= 11 is -0.262.